The number of hydrogen-bond donors (Lipinski definition) is 2. The molecule has 0 saturated carbocycles. The summed E-state index contributed by atoms with van der Waals surface area (Å²) in [7, 11) is 0. The maximum absolute atomic E-state index is 11.6. The summed E-state index contributed by atoms with van der Waals surface area (Å²) >= 11 is 0. The lowest BCUT2D eigenvalue weighted by atomic mass is 9.93. The molecule has 0 bridgehead atoms. The minimum Gasteiger partial charge on any atom is -0.481 e. The Labute approximate surface area is 111 Å². The Bertz CT molecular complexity index is 444. The summed E-state index contributed by atoms with van der Waals surface area (Å²) in [6.07, 6.45) is 1.58. The summed E-state index contributed by atoms with van der Waals surface area (Å²) in [6, 6.07) is 7.82. The van der Waals surface area contributed by atoms with Crippen LogP contribution in [0.3, 0.4) is 0 Å². The van der Waals surface area contributed by atoms with E-state index in [0.29, 0.717) is 0 Å². The monoisotopic (exact) mass is 263 g/mol. The van der Waals surface area contributed by atoms with Crippen LogP contribution in [0.25, 0.3) is 0 Å². The lowest BCUT2D eigenvalue weighted by Crippen LogP contribution is -2.44. The minimum absolute atomic E-state index is 0.0181. The zero-order valence-electron chi connectivity index (χ0n) is 10.5. The van der Waals surface area contributed by atoms with Gasteiger partial charge in [0.05, 0.1) is 5.92 Å². The second-order valence-corrected chi connectivity index (χ2v) is 4.08. The van der Waals surface area contributed by atoms with Crippen molar-refractivity contribution < 1.29 is 19.4 Å². The van der Waals surface area contributed by atoms with Crippen LogP contribution in [0.2, 0.25) is 0 Å². The number of esters is 1. The smallest absolute Gasteiger partial charge is 0.324 e. The Kier molecular flexibility index (Phi) is 5.75. The number of carbonyl (C=O) groups excluding carboxylic acids is 1. The Hall–Kier alpha value is -2.14. The van der Waals surface area contributed by atoms with Crippen LogP contribution in [-0.2, 0) is 20.7 Å². The van der Waals surface area contributed by atoms with E-state index < -0.39 is 23.9 Å². The van der Waals surface area contributed by atoms with Gasteiger partial charge in [-0.3, -0.25) is 9.59 Å². The molecule has 3 N–H and O–H groups in total. The van der Waals surface area contributed by atoms with Gasteiger partial charge in [-0.15, -0.1) is 0 Å². The van der Waals surface area contributed by atoms with Crippen LogP contribution in [0.5, 0.6) is 0 Å². The fourth-order valence-electron chi connectivity index (χ4n) is 1.64. The first-order valence-electron chi connectivity index (χ1n) is 5.86. The third-order valence-corrected chi connectivity index (χ3v) is 2.66. The molecule has 0 aliphatic carbocycles. The van der Waals surface area contributed by atoms with E-state index in [1.54, 1.807) is 24.3 Å². The molecule has 0 aliphatic rings. The molecule has 0 spiro atoms. The van der Waals surface area contributed by atoms with Crippen molar-refractivity contribution in [3.8, 4) is 0 Å². The van der Waals surface area contributed by atoms with Gasteiger partial charge in [0.1, 0.15) is 12.6 Å². The summed E-state index contributed by atoms with van der Waals surface area (Å²) < 4.78 is 4.78. The number of hydrogen-bond acceptors (Lipinski definition) is 4. The van der Waals surface area contributed by atoms with Crippen molar-refractivity contribution in [1.29, 1.82) is 0 Å². The Morgan fingerprint density at radius 2 is 2.00 bits per heavy atom. The van der Waals surface area contributed by atoms with Crippen LogP contribution >= 0.6 is 0 Å². The first-order chi connectivity index (χ1) is 9.06. The standard InChI is InChI=1S/C14H17NO4/c1-2-8-19-14(18)12(15)11(13(16)17)9-10-6-4-3-5-7-10/h2-7,11-12H,1,8-9,15H2,(H,16,17)/t11?,12-/m0/s1. The Morgan fingerprint density at radius 1 is 1.37 bits per heavy atom. The van der Waals surface area contributed by atoms with Gasteiger partial charge in [0.25, 0.3) is 0 Å². The molecule has 19 heavy (non-hydrogen) atoms. The number of aliphatic carboxylic acids is 1. The molecule has 1 unspecified atom stereocenters. The van der Waals surface area contributed by atoms with Gasteiger partial charge in [0, 0.05) is 0 Å². The van der Waals surface area contributed by atoms with Gasteiger partial charge in [-0.2, -0.15) is 0 Å². The molecule has 0 amide bonds. The lowest BCUT2D eigenvalue weighted by molar-refractivity contribution is -0.152. The summed E-state index contributed by atoms with van der Waals surface area (Å²) in [5.74, 6) is -2.87. The van der Waals surface area contributed by atoms with Gasteiger partial charge in [0.2, 0.25) is 0 Å². The first kappa shape index (κ1) is 14.9. The summed E-state index contributed by atoms with van der Waals surface area (Å²) in [5.41, 5.74) is 6.47. The van der Waals surface area contributed by atoms with Gasteiger partial charge in [-0.25, -0.2) is 0 Å². The zero-order chi connectivity index (χ0) is 14.3. The van der Waals surface area contributed by atoms with Crippen molar-refractivity contribution in [1.82, 2.24) is 0 Å². The van der Waals surface area contributed by atoms with Crippen molar-refractivity contribution >= 4 is 11.9 Å². The summed E-state index contributed by atoms with van der Waals surface area (Å²) in [6.45, 7) is 3.42. The normalized spacial score (nSPS) is 13.3. The molecule has 0 aliphatic heterocycles. The highest BCUT2D eigenvalue weighted by Crippen LogP contribution is 2.13. The van der Waals surface area contributed by atoms with E-state index in [0.717, 1.165) is 5.56 Å². The predicted molar refractivity (Wildman–Crippen MR) is 70.4 cm³/mol. The van der Waals surface area contributed by atoms with Crippen LogP contribution < -0.4 is 5.73 Å². The maximum Gasteiger partial charge on any atom is 0.324 e. The number of nitrogens with two attached hydrogens (primary N) is 1. The van der Waals surface area contributed by atoms with Crippen molar-refractivity contribution in [2.45, 2.75) is 12.5 Å². The quantitative estimate of drug-likeness (QED) is 0.565. The Balaban J connectivity index is 2.74. The average molecular weight is 263 g/mol. The maximum atomic E-state index is 11.6. The van der Waals surface area contributed by atoms with Gasteiger partial charge in [-0.1, -0.05) is 43.0 Å². The van der Waals surface area contributed by atoms with Crippen LogP contribution in [0.1, 0.15) is 5.56 Å². The highest BCUT2D eigenvalue weighted by atomic mass is 16.5. The van der Waals surface area contributed by atoms with Crippen LogP contribution in [0.15, 0.2) is 43.0 Å². The molecule has 0 aromatic heterocycles. The number of carboxylic acids is 1. The molecule has 2 atom stereocenters. The number of carbonyl (C=O) groups is 2. The van der Waals surface area contributed by atoms with Gasteiger partial charge < -0.3 is 15.6 Å². The van der Waals surface area contributed by atoms with Crippen LogP contribution in [0.4, 0.5) is 0 Å². The largest absolute Gasteiger partial charge is 0.481 e. The van der Waals surface area contributed by atoms with Gasteiger partial charge in [0.15, 0.2) is 0 Å². The van der Waals surface area contributed by atoms with Crippen molar-refractivity contribution in [3.63, 3.8) is 0 Å². The molecule has 1 aromatic rings. The predicted octanol–water partition coefficient (Wildman–Crippen LogP) is 0.986. The molecule has 1 rings (SSSR count). The van der Waals surface area contributed by atoms with E-state index in [2.05, 4.69) is 6.58 Å². The second kappa shape index (κ2) is 7.33. The number of carboxylic acid groups (broad SMARTS) is 1. The summed E-state index contributed by atoms with van der Waals surface area (Å²) in [5, 5.41) is 9.17. The van der Waals surface area contributed by atoms with E-state index in [-0.39, 0.29) is 13.0 Å². The molecule has 0 radical (unpaired) electrons. The third kappa shape index (κ3) is 4.56. The summed E-state index contributed by atoms with van der Waals surface area (Å²) in [4.78, 5) is 22.8. The molecule has 1 aromatic carbocycles. The highest BCUT2D eigenvalue weighted by Gasteiger charge is 2.31. The number of ether oxygens (including phenoxy) is 1. The molecular weight excluding hydrogens is 246 g/mol. The fraction of sp³-hybridized carbons (Fsp3) is 0.286. The molecule has 0 heterocycles. The number of rotatable bonds is 7. The first-order valence-corrected chi connectivity index (χ1v) is 5.86. The molecule has 102 valence electrons. The fourth-order valence-corrected chi connectivity index (χ4v) is 1.64. The third-order valence-electron chi connectivity index (χ3n) is 2.66. The average Bonchev–Trinajstić information content (AvgIpc) is 2.42. The van der Waals surface area contributed by atoms with E-state index >= 15 is 0 Å². The van der Waals surface area contributed by atoms with E-state index in [4.69, 9.17) is 10.5 Å². The van der Waals surface area contributed by atoms with Crippen LogP contribution in [0, 0.1) is 5.92 Å². The van der Waals surface area contributed by atoms with Crippen LogP contribution in [-0.4, -0.2) is 29.7 Å². The van der Waals surface area contributed by atoms with E-state index in [1.807, 2.05) is 6.07 Å². The zero-order valence-corrected chi connectivity index (χ0v) is 10.5. The van der Waals surface area contributed by atoms with Gasteiger partial charge in [-0.05, 0) is 12.0 Å². The molecule has 0 fully saturated rings. The lowest BCUT2D eigenvalue weighted by Gasteiger charge is -2.18. The van der Waals surface area contributed by atoms with Crippen molar-refractivity contribution in [2.75, 3.05) is 6.61 Å². The van der Waals surface area contributed by atoms with Crippen molar-refractivity contribution in [2.24, 2.45) is 11.7 Å². The van der Waals surface area contributed by atoms with E-state index in [9.17, 15) is 14.7 Å². The molecular formula is C14H17NO4. The van der Waals surface area contributed by atoms with Gasteiger partial charge >= 0.3 is 11.9 Å². The minimum atomic E-state index is -1.20. The van der Waals surface area contributed by atoms with E-state index in [1.165, 1.54) is 6.08 Å². The Morgan fingerprint density at radius 3 is 2.53 bits per heavy atom. The molecule has 0 saturated heterocycles. The molecule has 5 nitrogen and oxygen atoms in total. The molecule has 5 heteroatoms. The van der Waals surface area contributed by atoms with Crippen molar-refractivity contribution in [3.05, 3.63) is 48.6 Å². The second-order valence-electron chi connectivity index (χ2n) is 4.08. The topological polar surface area (TPSA) is 89.6 Å². The SMILES string of the molecule is C=CCOC(=O)[C@@H](N)C(Cc1ccccc1)C(=O)O. The highest BCUT2D eigenvalue weighted by molar-refractivity contribution is 5.83. The number of benzene rings is 1.